The predicted molar refractivity (Wildman–Crippen MR) is 107 cm³/mol. The van der Waals surface area contributed by atoms with Crippen LogP contribution >= 0.6 is 0 Å². The minimum atomic E-state index is -2.45. The molecule has 2 atom stereocenters. The Labute approximate surface area is 156 Å². The Bertz CT molecular complexity index is 603. The molecule has 0 amide bonds. The molecule has 1 aliphatic carbocycles. The van der Waals surface area contributed by atoms with Crippen molar-refractivity contribution in [2.75, 3.05) is 13.2 Å². The zero-order chi connectivity index (χ0) is 18.0. The second kappa shape index (κ2) is 5.87. The third-order valence-corrected chi connectivity index (χ3v) is 24.9. The summed E-state index contributed by atoms with van der Waals surface area (Å²) in [4.78, 5) is 15.4. The summed E-state index contributed by atoms with van der Waals surface area (Å²) in [7, 11) is 0. The van der Waals surface area contributed by atoms with Crippen LogP contribution in [0.4, 0.5) is 0 Å². The van der Waals surface area contributed by atoms with E-state index in [0.29, 0.717) is 3.93 Å². The normalized spacial score (nSPS) is 31.9. The van der Waals surface area contributed by atoms with Crippen LogP contribution in [0.5, 0.6) is 0 Å². The van der Waals surface area contributed by atoms with Gasteiger partial charge in [0.1, 0.15) is 0 Å². The van der Waals surface area contributed by atoms with Crippen molar-refractivity contribution in [3.05, 3.63) is 35.9 Å². The summed E-state index contributed by atoms with van der Waals surface area (Å²) >= 11 is -4.73. The first-order valence-electron chi connectivity index (χ1n) is 9.22. The predicted octanol–water partition coefficient (Wildman–Crippen LogP) is 5.29. The Hall–Kier alpha value is 0.737. The van der Waals surface area contributed by atoms with Gasteiger partial charge in [-0.15, -0.1) is 0 Å². The summed E-state index contributed by atoms with van der Waals surface area (Å²) in [6.45, 7) is 6.15. The van der Waals surface area contributed by atoms with E-state index in [1.54, 1.807) is 0 Å². The molecule has 2 aliphatic rings. The summed E-state index contributed by atoms with van der Waals surface area (Å²) in [6.07, 6.45) is 0. The van der Waals surface area contributed by atoms with Gasteiger partial charge in [0.05, 0.1) is 0 Å². The van der Waals surface area contributed by atoms with Crippen molar-refractivity contribution in [2.45, 2.75) is 56.6 Å². The van der Waals surface area contributed by atoms with Crippen LogP contribution in [0.15, 0.2) is 30.3 Å². The van der Waals surface area contributed by atoms with Crippen molar-refractivity contribution in [2.24, 2.45) is 5.41 Å². The molecule has 1 spiro atoms. The average molecular weight is 544 g/mol. The third kappa shape index (κ3) is 2.73. The fourth-order valence-electron chi connectivity index (χ4n) is 5.18. The van der Waals surface area contributed by atoms with Crippen molar-refractivity contribution in [3.63, 3.8) is 0 Å². The fourth-order valence-corrected chi connectivity index (χ4v) is 41.4. The number of hydrogen-bond acceptors (Lipinski definition) is 2. The number of rotatable bonds is 3. The quantitative estimate of drug-likeness (QED) is 0.482. The average Bonchev–Trinajstić information content (AvgIpc) is 3.08. The summed E-state index contributed by atoms with van der Waals surface area (Å²) in [5, 5.41) is 0. The van der Waals surface area contributed by atoms with Gasteiger partial charge in [-0.25, -0.2) is 0 Å². The van der Waals surface area contributed by atoms with Gasteiger partial charge in [-0.05, 0) is 0 Å². The van der Waals surface area contributed by atoms with Crippen LogP contribution in [0, 0.1) is 5.41 Å². The topological polar surface area (TPSA) is 18.5 Å². The molecule has 0 aromatic heterocycles. The zero-order valence-electron chi connectivity index (χ0n) is 16.7. The van der Waals surface area contributed by atoms with Crippen LogP contribution in [0.25, 0.3) is 0 Å². The van der Waals surface area contributed by atoms with Crippen LogP contribution in [-0.4, -0.2) is 55.8 Å². The SMILES string of the molecule is CC1(C)COC2(OC1)[C@H]([Sn]([CH3])([CH3])[CH3])[C@]2(c1ccccc1)[Sn]([CH3])([CH3])[CH3]. The Morgan fingerprint density at radius 1 is 0.875 bits per heavy atom. The molecule has 24 heavy (non-hydrogen) atoms. The van der Waals surface area contributed by atoms with E-state index in [4.69, 9.17) is 9.47 Å². The molecule has 1 saturated heterocycles. The number of benzene rings is 1. The molecule has 1 heterocycles. The monoisotopic (exact) mass is 546 g/mol. The van der Waals surface area contributed by atoms with Gasteiger partial charge in [0, 0.05) is 0 Å². The molecule has 4 heteroatoms. The Balaban J connectivity index is 2.17. The van der Waals surface area contributed by atoms with Crippen molar-refractivity contribution < 1.29 is 9.47 Å². The fraction of sp³-hybridized carbons (Fsp3) is 0.700. The van der Waals surface area contributed by atoms with E-state index >= 15 is 0 Å². The summed E-state index contributed by atoms with van der Waals surface area (Å²) in [5.41, 5.74) is 1.62. The summed E-state index contributed by atoms with van der Waals surface area (Å²) in [6, 6.07) is 11.2. The molecule has 2 fully saturated rings. The van der Waals surface area contributed by atoms with Crippen LogP contribution in [-0.2, 0) is 12.9 Å². The van der Waals surface area contributed by atoms with Crippen molar-refractivity contribution in [1.82, 2.24) is 0 Å². The first-order valence-corrected chi connectivity index (χ1v) is 29.4. The van der Waals surface area contributed by atoms with E-state index in [-0.39, 0.29) is 14.6 Å². The maximum atomic E-state index is 6.71. The standard InChI is InChI=1S/C14H16O2.6CH3.2Sn/c1-13(2)9-15-14(16-10-13)8-12(14)11-6-4-3-5-7-11;;;;;;;;/h3-8H,9-10H2,1-2H3;6*1H3;;. The molecule has 1 aromatic rings. The van der Waals surface area contributed by atoms with Gasteiger partial charge in [-0.3, -0.25) is 0 Å². The molecular formula is C20H34O2Sn2. The van der Waals surface area contributed by atoms with Gasteiger partial charge >= 0.3 is 157 Å². The molecule has 0 unspecified atom stereocenters. The molecule has 0 bridgehead atoms. The van der Waals surface area contributed by atoms with Gasteiger partial charge in [-0.1, -0.05) is 0 Å². The van der Waals surface area contributed by atoms with E-state index in [9.17, 15) is 0 Å². The van der Waals surface area contributed by atoms with Crippen molar-refractivity contribution in [3.8, 4) is 0 Å². The van der Waals surface area contributed by atoms with Crippen molar-refractivity contribution in [1.29, 1.82) is 0 Å². The summed E-state index contributed by atoms with van der Waals surface area (Å²) < 4.78 is 14.2. The Kier molecular flexibility index (Phi) is 4.77. The van der Waals surface area contributed by atoms with Crippen LogP contribution < -0.4 is 0 Å². The second-order valence-corrected chi connectivity index (χ2v) is 40.9. The Morgan fingerprint density at radius 3 is 1.79 bits per heavy atom. The minimum absolute atomic E-state index is 0.127. The van der Waals surface area contributed by atoms with E-state index in [1.165, 1.54) is 5.56 Å². The number of ether oxygens (including phenoxy) is 2. The van der Waals surface area contributed by atoms with Gasteiger partial charge in [0.2, 0.25) is 0 Å². The van der Waals surface area contributed by atoms with Gasteiger partial charge in [-0.2, -0.15) is 0 Å². The first-order chi connectivity index (χ1) is 10.9. The zero-order valence-corrected chi connectivity index (χ0v) is 22.4. The van der Waals surface area contributed by atoms with Gasteiger partial charge < -0.3 is 0 Å². The molecule has 1 aromatic carbocycles. The molecule has 1 aliphatic heterocycles. The van der Waals surface area contributed by atoms with E-state index < -0.39 is 36.8 Å². The molecule has 134 valence electrons. The molecule has 0 radical (unpaired) electrons. The first kappa shape index (κ1) is 19.5. The van der Waals surface area contributed by atoms with Gasteiger partial charge in [0.15, 0.2) is 0 Å². The van der Waals surface area contributed by atoms with Crippen molar-refractivity contribution >= 4 is 36.8 Å². The molecular weight excluding hydrogens is 510 g/mol. The maximum absolute atomic E-state index is 6.71. The van der Waals surface area contributed by atoms with E-state index in [1.807, 2.05) is 0 Å². The molecule has 0 N–H and O–H groups in total. The van der Waals surface area contributed by atoms with E-state index in [0.717, 1.165) is 13.2 Å². The molecule has 3 rings (SSSR count). The molecule has 1 saturated carbocycles. The van der Waals surface area contributed by atoms with E-state index in [2.05, 4.69) is 73.8 Å². The third-order valence-electron chi connectivity index (χ3n) is 5.91. The summed E-state index contributed by atoms with van der Waals surface area (Å²) in [5.74, 6) is -0.327. The number of hydrogen-bond donors (Lipinski definition) is 0. The van der Waals surface area contributed by atoms with Gasteiger partial charge in [0.25, 0.3) is 0 Å². The second-order valence-electron chi connectivity index (χ2n) is 10.6. The van der Waals surface area contributed by atoms with Crippen LogP contribution in [0.2, 0.25) is 33.6 Å². The molecule has 2 nitrogen and oxygen atoms in total. The van der Waals surface area contributed by atoms with Crippen LogP contribution in [0.3, 0.4) is 0 Å². The Morgan fingerprint density at radius 2 is 1.38 bits per heavy atom. The van der Waals surface area contributed by atoms with Crippen LogP contribution in [0.1, 0.15) is 19.4 Å².